The van der Waals surface area contributed by atoms with Gasteiger partial charge in [0, 0.05) is 19.2 Å². The van der Waals surface area contributed by atoms with E-state index in [1.165, 1.54) is 0 Å². The maximum absolute atomic E-state index is 12.8. The van der Waals surface area contributed by atoms with Crippen molar-refractivity contribution in [3.63, 3.8) is 0 Å². The summed E-state index contributed by atoms with van der Waals surface area (Å²) in [6.45, 7) is 6.92. The van der Waals surface area contributed by atoms with Crippen LogP contribution in [0.15, 0.2) is 48.5 Å². The summed E-state index contributed by atoms with van der Waals surface area (Å²) in [6, 6.07) is 14.9. The number of rotatable bonds is 8. The third kappa shape index (κ3) is 4.87. The van der Waals surface area contributed by atoms with Gasteiger partial charge in [-0.3, -0.25) is 9.59 Å². The number of unbranched alkanes of at least 4 members (excludes halogenated alkanes) is 1. The molecule has 1 unspecified atom stereocenters. The monoisotopic (exact) mass is 406 g/mol. The number of aryl methyl sites for hydroxylation is 1. The number of nitrogens with one attached hydrogen (secondary N) is 1. The Bertz CT molecular complexity index is 1020. The average Bonchev–Trinajstić information content (AvgIpc) is 3.11. The van der Waals surface area contributed by atoms with Crippen LogP contribution in [0.3, 0.4) is 0 Å². The number of hydrogen-bond donors (Lipinski definition) is 1. The number of amides is 2. The van der Waals surface area contributed by atoms with E-state index in [0.29, 0.717) is 11.4 Å². The van der Waals surface area contributed by atoms with Gasteiger partial charge in [0.05, 0.1) is 17.1 Å². The molecule has 1 heterocycles. The summed E-state index contributed by atoms with van der Waals surface area (Å²) in [5.41, 5.74) is 3.41. The van der Waals surface area contributed by atoms with E-state index in [1.54, 1.807) is 4.90 Å². The normalized spacial score (nSPS) is 12.0. The van der Waals surface area contributed by atoms with Crippen LogP contribution in [0.4, 0.5) is 0 Å². The Morgan fingerprint density at radius 2 is 1.83 bits per heavy atom. The number of hydrogen-bond acceptors (Lipinski definition) is 3. The van der Waals surface area contributed by atoms with Crippen molar-refractivity contribution in [1.82, 2.24) is 19.8 Å². The minimum atomic E-state index is -0.347. The third-order valence-corrected chi connectivity index (χ3v) is 5.30. The second-order valence-corrected chi connectivity index (χ2v) is 7.77. The molecule has 0 saturated carbocycles. The van der Waals surface area contributed by atoms with E-state index in [2.05, 4.69) is 12.2 Å². The number of carbonyl (C=O) groups is 2. The number of benzene rings is 2. The van der Waals surface area contributed by atoms with Gasteiger partial charge in [-0.25, -0.2) is 4.98 Å². The highest BCUT2D eigenvalue weighted by Crippen LogP contribution is 2.21. The van der Waals surface area contributed by atoms with E-state index < -0.39 is 0 Å². The summed E-state index contributed by atoms with van der Waals surface area (Å²) in [5.74, 6) is 0.548. The SMILES string of the molecule is CCCCN(C)C(=O)Cn1c(C(C)NC(=O)c2ccc(C)cc2)nc2ccccc21. The van der Waals surface area contributed by atoms with E-state index in [9.17, 15) is 9.59 Å². The molecule has 0 fully saturated rings. The Balaban J connectivity index is 1.85. The van der Waals surface area contributed by atoms with Gasteiger partial charge in [-0.2, -0.15) is 0 Å². The highest BCUT2D eigenvalue weighted by Gasteiger charge is 2.21. The zero-order valence-electron chi connectivity index (χ0n) is 18.2. The topological polar surface area (TPSA) is 67.2 Å². The van der Waals surface area contributed by atoms with Gasteiger partial charge in [0.1, 0.15) is 12.4 Å². The second kappa shape index (κ2) is 9.57. The predicted molar refractivity (Wildman–Crippen MR) is 119 cm³/mol. The molecule has 1 aromatic heterocycles. The molecule has 0 spiro atoms. The first-order valence-electron chi connectivity index (χ1n) is 10.5. The Hall–Kier alpha value is -3.15. The molecule has 2 aromatic carbocycles. The lowest BCUT2D eigenvalue weighted by Crippen LogP contribution is -2.33. The smallest absolute Gasteiger partial charge is 0.251 e. The van der Waals surface area contributed by atoms with Crippen molar-refractivity contribution in [1.29, 1.82) is 0 Å². The van der Waals surface area contributed by atoms with Gasteiger partial charge in [0.15, 0.2) is 0 Å². The van der Waals surface area contributed by atoms with Crippen LogP contribution in [0.25, 0.3) is 11.0 Å². The van der Waals surface area contributed by atoms with E-state index in [0.717, 1.165) is 36.0 Å². The molecule has 1 N–H and O–H groups in total. The third-order valence-electron chi connectivity index (χ3n) is 5.30. The van der Waals surface area contributed by atoms with Gasteiger partial charge in [-0.05, 0) is 44.5 Å². The van der Waals surface area contributed by atoms with Crippen molar-refractivity contribution in [2.45, 2.75) is 46.2 Å². The predicted octanol–water partition coefficient (Wildman–Crippen LogP) is 4.09. The summed E-state index contributed by atoms with van der Waals surface area (Å²) in [4.78, 5) is 32.0. The zero-order chi connectivity index (χ0) is 21.7. The maximum Gasteiger partial charge on any atom is 0.251 e. The van der Waals surface area contributed by atoms with Crippen LogP contribution in [-0.2, 0) is 11.3 Å². The number of fused-ring (bicyclic) bond motifs is 1. The van der Waals surface area contributed by atoms with Crippen molar-refractivity contribution in [3.05, 3.63) is 65.5 Å². The van der Waals surface area contributed by atoms with E-state index in [1.807, 2.05) is 74.0 Å². The molecule has 0 aliphatic heterocycles. The maximum atomic E-state index is 12.8. The molecule has 6 heteroatoms. The number of carbonyl (C=O) groups excluding carboxylic acids is 2. The highest BCUT2D eigenvalue weighted by atomic mass is 16.2. The second-order valence-electron chi connectivity index (χ2n) is 7.77. The lowest BCUT2D eigenvalue weighted by atomic mass is 10.1. The zero-order valence-corrected chi connectivity index (χ0v) is 18.2. The van der Waals surface area contributed by atoms with Gasteiger partial charge < -0.3 is 14.8 Å². The molecule has 3 rings (SSSR count). The van der Waals surface area contributed by atoms with Crippen LogP contribution >= 0.6 is 0 Å². The van der Waals surface area contributed by atoms with Crippen LogP contribution in [0.1, 0.15) is 54.5 Å². The molecule has 0 saturated heterocycles. The fourth-order valence-corrected chi connectivity index (χ4v) is 3.42. The molecule has 158 valence electrons. The largest absolute Gasteiger partial charge is 0.344 e. The number of likely N-dealkylation sites (N-methyl/N-ethyl adjacent to an activating group) is 1. The molecule has 30 heavy (non-hydrogen) atoms. The summed E-state index contributed by atoms with van der Waals surface area (Å²) >= 11 is 0. The van der Waals surface area contributed by atoms with Crippen LogP contribution in [0.5, 0.6) is 0 Å². The first-order chi connectivity index (χ1) is 14.4. The van der Waals surface area contributed by atoms with E-state index in [-0.39, 0.29) is 24.4 Å². The van der Waals surface area contributed by atoms with Crippen LogP contribution in [0.2, 0.25) is 0 Å². The summed E-state index contributed by atoms with van der Waals surface area (Å²) in [7, 11) is 1.83. The minimum absolute atomic E-state index is 0.0323. The first-order valence-corrected chi connectivity index (χ1v) is 10.5. The van der Waals surface area contributed by atoms with Crippen LogP contribution < -0.4 is 5.32 Å². The molecule has 0 bridgehead atoms. The molecule has 0 aliphatic rings. The number of nitrogens with zero attached hydrogens (tertiary/aromatic N) is 3. The van der Waals surface area contributed by atoms with Crippen LogP contribution in [0, 0.1) is 6.92 Å². The fourth-order valence-electron chi connectivity index (χ4n) is 3.42. The molecule has 0 aliphatic carbocycles. The Morgan fingerprint density at radius 3 is 2.53 bits per heavy atom. The summed E-state index contributed by atoms with van der Waals surface area (Å²) < 4.78 is 1.92. The molecule has 1 atom stereocenters. The van der Waals surface area contributed by atoms with Crippen molar-refractivity contribution in [2.24, 2.45) is 0 Å². The van der Waals surface area contributed by atoms with Gasteiger partial charge in [-0.1, -0.05) is 43.2 Å². The molecule has 0 radical (unpaired) electrons. The van der Waals surface area contributed by atoms with Gasteiger partial charge in [-0.15, -0.1) is 0 Å². The Morgan fingerprint density at radius 1 is 1.13 bits per heavy atom. The van der Waals surface area contributed by atoms with Crippen LogP contribution in [-0.4, -0.2) is 39.9 Å². The average molecular weight is 407 g/mol. The lowest BCUT2D eigenvalue weighted by Gasteiger charge is -2.20. The molecule has 3 aromatic rings. The van der Waals surface area contributed by atoms with Crippen molar-refractivity contribution >= 4 is 22.8 Å². The Kier molecular flexibility index (Phi) is 6.87. The summed E-state index contributed by atoms with van der Waals surface area (Å²) in [5, 5.41) is 3.02. The molecule has 6 nitrogen and oxygen atoms in total. The van der Waals surface area contributed by atoms with Crippen molar-refractivity contribution in [2.75, 3.05) is 13.6 Å². The molecular weight excluding hydrogens is 376 g/mol. The van der Waals surface area contributed by atoms with Gasteiger partial charge in [0.25, 0.3) is 5.91 Å². The number of para-hydroxylation sites is 2. The summed E-state index contributed by atoms with van der Waals surface area (Å²) in [6.07, 6.45) is 2.02. The molecule has 2 amide bonds. The van der Waals surface area contributed by atoms with E-state index >= 15 is 0 Å². The fraction of sp³-hybridized carbons (Fsp3) is 0.375. The molecular formula is C24H30N4O2. The number of aromatic nitrogens is 2. The Labute approximate surface area is 177 Å². The van der Waals surface area contributed by atoms with Crippen molar-refractivity contribution in [3.8, 4) is 0 Å². The first kappa shape index (κ1) is 21.6. The number of imidazole rings is 1. The standard InChI is InChI=1S/C24H30N4O2/c1-5-6-15-27(4)22(29)16-28-21-10-8-7-9-20(21)26-23(28)18(3)25-24(30)19-13-11-17(2)12-14-19/h7-14,18H,5-6,15-16H2,1-4H3,(H,25,30). The minimum Gasteiger partial charge on any atom is -0.344 e. The van der Waals surface area contributed by atoms with E-state index in [4.69, 9.17) is 4.98 Å². The lowest BCUT2D eigenvalue weighted by molar-refractivity contribution is -0.130. The highest BCUT2D eigenvalue weighted by molar-refractivity contribution is 5.94. The van der Waals surface area contributed by atoms with Gasteiger partial charge in [0.2, 0.25) is 5.91 Å². The van der Waals surface area contributed by atoms with Crippen molar-refractivity contribution < 1.29 is 9.59 Å². The quantitative estimate of drug-likeness (QED) is 0.613. The van der Waals surface area contributed by atoms with Gasteiger partial charge >= 0.3 is 0 Å².